The molecule has 3 N–H and O–H groups in total. The Labute approximate surface area is 202 Å². The fourth-order valence-electron chi connectivity index (χ4n) is 3.60. The highest BCUT2D eigenvalue weighted by Gasteiger charge is 2.51. The van der Waals surface area contributed by atoms with Crippen molar-refractivity contribution in [3.63, 3.8) is 0 Å². The van der Waals surface area contributed by atoms with Crippen LogP contribution in [-0.2, 0) is 25.7 Å². The third-order valence-corrected chi connectivity index (χ3v) is 5.49. The number of carboxylic acid groups (broad SMARTS) is 2. The second-order valence-electron chi connectivity index (χ2n) is 8.52. The molecule has 1 amide bonds. The van der Waals surface area contributed by atoms with Crippen molar-refractivity contribution in [3.8, 4) is 0 Å². The molecular formula is C21H27F6N3O6. The highest BCUT2D eigenvalue weighted by atomic mass is 19.4. The summed E-state index contributed by atoms with van der Waals surface area (Å²) in [5.41, 5.74) is 1.03. The Bertz CT molecular complexity index is 857. The van der Waals surface area contributed by atoms with E-state index < -0.39 is 24.3 Å². The van der Waals surface area contributed by atoms with E-state index in [9.17, 15) is 31.1 Å². The fourth-order valence-corrected chi connectivity index (χ4v) is 3.60. The Morgan fingerprint density at radius 2 is 1.72 bits per heavy atom. The predicted molar refractivity (Wildman–Crippen MR) is 112 cm³/mol. The summed E-state index contributed by atoms with van der Waals surface area (Å²) in [6, 6.07) is 4.39. The number of alkyl halides is 6. The minimum absolute atomic E-state index is 0.00327. The van der Waals surface area contributed by atoms with Gasteiger partial charge in [0.05, 0.1) is 13.2 Å². The molecule has 0 aromatic carbocycles. The average Bonchev–Trinajstić information content (AvgIpc) is 3.29. The number of hydrogen-bond acceptors (Lipinski definition) is 6. The third-order valence-electron chi connectivity index (χ3n) is 5.49. The molecule has 0 bridgehead atoms. The number of carbonyl (C=O) groups is 3. The number of aromatic nitrogens is 1. The smallest absolute Gasteiger partial charge is 0.475 e. The summed E-state index contributed by atoms with van der Waals surface area (Å²) in [5.74, 6) is -4.91. The summed E-state index contributed by atoms with van der Waals surface area (Å²) in [5, 5.41) is 17.3. The number of likely N-dealkylation sites (tertiary alicyclic amines) is 1. The summed E-state index contributed by atoms with van der Waals surface area (Å²) < 4.78 is 69.2. The van der Waals surface area contributed by atoms with Crippen molar-refractivity contribution in [1.82, 2.24) is 15.2 Å². The summed E-state index contributed by atoms with van der Waals surface area (Å²) in [6.07, 6.45) is -6.08. The van der Waals surface area contributed by atoms with Crippen LogP contribution < -0.4 is 5.32 Å². The van der Waals surface area contributed by atoms with E-state index in [1.807, 2.05) is 12.1 Å². The lowest BCUT2D eigenvalue weighted by molar-refractivity contribution is -0.193. The maximum atomic E-state index is 12.4. The van der Waals surface area contributed by atoms with Crippen LogP contribution in [0.4, 0.5) is 26.3 Å². The van der Waals surface area contributed by atoms with Gasteiger partial charge in [0.1, 0.15) is 0 Å². The van der Waals surface area contributed by atoms with E-state index in [-0.39, 0.29) is 11.3 Å². The van der Waals surface area contributed by atoms with Gasteiger partial charge >= 0.3 is 24.3 Å². The summed E-state index contributed by atoms with van der Waals surface area (Å²) in [6.45, 7) is 8.50. The fraction of sp³-hybridized carbons (Fsp3) is 0.619. The van der Waals surface area contributed by atoms with Crippen molar-refractivity contribution in [1.29, 1.82) is 0 Å². The van der Waals surface area contributed by atoms with Crippen LogP contribution in [-0.4, -0.2) is 82.6 Å². The zero-order valence-electron chi connectivity index (χ0n) is 19.4. The van der Waals surface area contributed by atoms with Crippen LogP contribution in [0, 0.1) is 11.3 Å². The first kappa shape index (κ1) is 31.1. The Balaban J connectivity index is 0.000000383. The molecule has 3 heterocycles. The van der Waals surface area contributed by atoms with E-state index in [1.165, 1.54) is 0 Å². The number of hydrogen-bond donors (Lipinski definition) is 3. The van der Waals surface area contributed by atoms with E-state index in [0.29, 0.717) is 31.5 Å². The van der Waals surface area contributed by atoms with Crippen LogP contribution in [0.3, 0.4) is 0 Å². The first-order valence-corrected chi connectivity index (χ1v) is 10.6. The van der Waals surface area contributed by atoms with Gasteiger partial charge in [-0.3, -0.25) is 14.7 Å². The zero-order chi connectivity index (χ0) is 27.7. The molecule has 2 saturated heterocycles. The largest absolute Gasteiger partial charge is 0.490 e. The van der Waals surface area contributed by atoms with Gasteiger partial charge in [-0.15, -0.1) is 0 Å². The van der Waals surface area contributed by atoms with E-state index in [4.69, 9.17) is 24.5 Å². The standard InChI is InChI=1S/C17H25N3O2.2C2HF3O2/c1-13(2)20-9-15-10-22-12-17(15,11-20)6-16(21)19-8-14-4-3-5-18-7-14;2*3-2(4,5)1(6)7/h3-5,7,13,15H,6,8-12H2,1-2H3,(H,19,21);2*(H,6,7)/t15-,17+;;/m1../s1. The van der Waals surface area contributed by atoms with Crippen molar-refractivity contribution in [3.05, 3.63) is 30.1 Å². The number of pyridine rings is 1. The maximum absolute atomic E-state index is 12.4. The molecule has 2 aliphatic heterocycles. The van der Waals surface area contributed by atoms with E-state index >= 15 is 0 Å². The molecule has 0 saturated carbocycles. The van der Waals surface area contributed by atoms with Crippen molar-refractivity contribution in [2.45, 2.75) is 45.2 Å². The van der Waals surface area contributed by atoms with Crippen molar-refractivity contribution >= 4 is 17.8 Å². The molecular weight excluding hydrogens is 504 g/mol. The van der Waals surface area contributed by atoms with Gasteiger partial charge in [0.25, 0.3) is 0 Å². The lowest BCUT2D eigenvalue weighted by atomic mass is 9.78. The highest BCUT2D eigenvalue weighted by Crippen LogP contribution is 2.44. The normalized spacial score (nSPS) is 21.5. The van der Waals surface area contributed by atoms with E-state index in [2.05, 4.69) is 29.0 Å². The zero-order valence-corrected chi connectivity index (χ0v) is 19.4. The number of halogens is 6. The number of fused-ring (bicyclic) bond motifs is 1. The van der Waals surface area contributed by atoms with Crippen LogP contribution in [0.1, 0.15) is 25.8 Å². The van der Waals surface area contributed by atoms with Gasteiger partial charge in [0, 0.05) is 55.8 Å². The van der Waals surface area contributed by atoms with Gasteiger partial charge in [0.15, 0.2) is 0 Å². The quantitative estimate of drug-likeness (QED) is 0.495. The number of nitrogens with one attached hydrogen (secondary N) is 1. The molecule has 0 aliphatic carbocycles. The number of amides is 1. The van der Waals surface area contributed by atoms with E-state index in [0.717, 1.165) is 25.3 Å². The van der Waals surface area contributed by atoms with Crippen LogP contribution in [0.2, 0.25) is 0 Å². The summed E-state index contributed by atoms with van der Waals surface area (Å²) >= 11 is 0. The van der Waals surface area contributed by atoms with Gasteiger partial charge in [-0.25, -0.2) is 9.59 Å². The van der Waals surface area contributed by atoms with Crippen molar-refractivity contribution in [2.75, 3.05) is 26.3 Å². The average molecular weight is 531 g/mol. The van der Waals surface area contributed by atoms with Crippen LogP contribution in [0.15, 0.2) is 24.5 Å². The maximum Gasteiger partial charge on any atom is 0.490 e. The second kappa shape index (κ2) is 12.9. The molecule has 1 aromatic heterocycles. The van der Waals surface area contributed by atoms with Gasteiger partial charge in [-0.1, -0.05) is 6.07 Å². The minimum atomic E-state index is -5.08. The van der Waals surface area contributed by atoms with Gasteiger partial charge < -0.3 is 20.3 Å². The molecule has 1 aromatic rings. The molecule has 3 rings (SSSR count). The van der Waals surface area contributed by atoms with Crippen LogP contribution in [0.5, 0.6) is 0 Å². The monoisotopic (exact) mass is 531 g/mol. The Hall–Kier alpha value is -2.94. The Kier molecular flexibility index (Phi) is 11.1. The van der Waals surface area contributed by atoms with Gasteiger partial charge in [0.2, 0.25) is 5.91 Å². The SMILES string of the molecule is CC(C)N1C[C@@H]2COC[C@]2(CC(=O)NCc2cccnc2)C1.O=C(O)C(F)(F)F.O=C(O)C(F)(F)F. The second-order valence-corrected chi connectivity index (χ2v) is 8.52. The molecule has 9 nitrogen and oxygen atoms in total. The lowest BCUT2D eigenvalue weighted by Gasteiger charge is -2.27. The molecule has 2 aliphatic rings. The topological polar surface area (TPSA) is 129 Å². The first-order valence-electron chi connectivity index (χ1n) is 10.6. The molecule has 2 fully saturated rings. The molecule has 2 atom stereocenters. The number of carbonyl (C=O) groups excluding carboxylic acids is 1. The van der Waals surface area contributed by atoms with Crippen LogP contribution in [0.25, 0.3) is 0 Å². The number of rotatable bonds is 5. The predicted octanol–water partition coefficient (Wildman–Crippen LogP) is 2.71. The van der Waals surface area contributed by atoms with Crippen molar-refractivity contribution < 1.29 is 55.7 Å². The number of aliphatic carboxylic acids is 2. The molecule has 0 radical (unpaired) electrons. The molecule has 36 heavy (non-hydrogen) atoms. The molecule has 15 heteroatoms. The van der Waals surface area contributed by atoms with E-state index in [1.54, 1.807) is 12.4 Å². The Morgan fingerprint density at radius 1 is 1.17 bits per heavy atom. The number of carboxylic acids is 2. The molecule has 0 unspecified atom stereocenters. The van der Waals surface area contributed by atoms with Gasteiger partial charge in [-0.2, -0.15) is 26.3 Å². The van der Waals surface area contributed by atoms with Crippen molar-refractivity contribution in [2.24, 2.45) is 11.3 Å². The molecule has 204 valence electrons. The molecule has 0 spiro atoms. The minimum Gasteiger partial charge on any atom is -0.475 e. The highest BCUT2D eigenvalue weighted by molar-refractivity contribution is 5.77. The number of ether oxygens (including phenoxy) is 1. The van der Waals surface area contributed by atoms with Crippen LogP contribution >= 0.6 is 0 Å². The first-order chi connectivity index (χ1) is 16.5. The number of nitrogens with zero attached hydrogens (tertiary/aromatic N) is 2. The summed E-state index contributed by atoms with van der Waals surface area (Å²) in [4.78, 5) is 36.7. The lowest BCUT2D eigenvalue weighted by Crippen LogP contribution is -2.38. The Morgan fingerprint density at radius 3 is 2.17 bits per heavy atom. The van der Waals surface area contributed by atoms with Gasteiger partial charge in [-0.05, 0) is 25.5 Å². The third kappa shape index (κ3) is 9.97. The summed E-state index contributed by atoms with van der Waals surface area (Å²) in [7, 11) is 0.